The van der Waals surface area contributed by atoms with Gasteiger partial charge in [-0.3, -0.25) is 4.57 Å². The van der Waals surface area contributed by atoms with Crippen LogP contribution in [-0.4, -0.2) is 24.5 Å². The third kappa shape index (κ3) is 1.84. The van der Waals surface area contributed by atoms with E-state index in [-0.39, 0.29) is 5.95 Å². The lowest BCUT2D eigenvalue weighted by molar-refractivity contribution is 0.906. The van der Waals surface area contributed by atoms with Crippen LogP contribution in [0.4, 0.5) is 5.95 Å². The molecular formula is C11H10N6S. The molecule has 2 N–H and O–H groups in total. The highest BCUT2D eigenvalue weighted by Crippen LogP contribution is 2.25. The summed E-state index contributed by atoms with van der Waals surface area (Å²) < 4.78 is 1.70. The van der Waals surface area contributed by atoms with Crippen molar-refractivity contribution >= 4 is 17.3 Å². The summed E-state index contributed by atoms with van der Waals surface area (Å²) in [6.45, 7) is 2.02. The van der Waals surface area contributed by atoms with Crippen LogP contribution in [0.15, 0.2) is 30.2 Å². The van der Waals surface area contributed by atoms with Gasteiger partial charge in [0, 0.05) is 22.8 Å². The third-order valence-electron chi connectivity index (χ3n) is 2.48. The smallest absolute Gasteiger partial charge is 0.240 e. The van der Waals surface area contributed by atoms with E-state index < -0.39 is 0 Å². The number of hydrogen-bond acceptors (Lipinski definition) is 6. The first kappa shape index (κ1) is 10.8. The average Bonchev–Trinajstić information content (AvgIpc) is 2.98. The van der Waals surface area contributed by atoms with Crippen molar-refractivity contribution in [2.45, 2.75) is 6.92 Å². The molecule has 0 aromatic carbocycles. The molecule has 0 saturated carbocycles. The zero-order valence-electron chi connectivity index (χ0n) is 9.61. The summed E-state index contributed by atoms with van der Waals surface area (Å²) >= 11 is 1.65. The molecule has 90 valence electrons. The number of hydrogen-bond donors (Lipinski definition) is 1. The molecule has 0 amide bonds. The summed E-state index contributed by atoms with van der Waals surface area (Å²) in [6.07, 6.45) is 5.05. The average molecular weight is 258 g/mol. The molecule has 0 aliphatic heterocycles. The van der Waals surface area contributed by atoms with E-state index in [0.29, 0.717) is 11.8 Å². The molecule has 0 aliphatic carbocycles. The summed E-state index contributed by atoms with van der Waals surface area (Å²) in [5.41, 5.74) is 6.71. The van der Waals surface area contributed by atoms with Gasteiger partial charge in [0.1, 0.15) is 6.33 Å². The Kier molecular flexibility index (Phi) is 2.52. The highest BCUT2D eigenvalue weighted by molar-refractivity contribution is 7.10. The summed E-state index contributed by atoms with van der Waals surface area (Å²) in [5, 5.41) is 2.00. The van der Waals surface area contributed by atoms with Crippen molar-refractivity contribution in [3.05, 3.63) is 35.0 Å². The number of aromatic nitrogens is 5. The van der Waals surface area contributed by atoms with Gasteiger partial charge in [0.2, 0.25) is 11.9 Å². The number of imidazole rings is 1. The largest absolute Gasteiger partial charge is 0.368 e. The molecule has 0 spiro atoms. The second-order valence-corrected chi connectivity index (χ2v) is 4.80. The van der Waals surface area contributed by atoms with Crippen LogP contribution >= 0.6 is 11.3 Å². The van der Waals surface area contributed by atoms with Crippen molar-refractivity contribution in [2.75, 3.05) is 5.73 Å². The Hall–Kier alpha value is -2.28. The second-order valence-electron chi connectivity index (χ2n) is 3.68. The van der Waals surface area contributed by atoms with Gasteiger partial charge < -0.3 is 5.73 Å². The Bertz CT molecular complexity index is 673. The van der Waals surface area contributed by atoms with Crippen molar-refractivity contribution in [2.24, 2.45) is 0 Å². The van der Waals surface area contributed by atoms with Crippen molar-refractivity contribution in [3.8, 4) is 17.3 Å². The van der Waals surface area contributed by atoms with Gasteiger partial charge in [-0.1, -0.05) is 0 Å². The van der Waals surface area contributed by atoms with E-state index in [0.717, 1.165) is 10.4 Å². The molecule has 3 rings (SSSR count). The number of nitrogens with zero attached hydrogens (tertiary/aromatic N) is 5. The van der Waals surface area contributed by atoms with Gasteiger partial charge in [-0.2, -0.15) is 15.0 Å². The fraction of sp³-hybridized carbons (Fsp3) is 0.0909. The summed E-state index contributed by atoms with van der Waals surface area (Å²) in [5.74, 6) is 1.26. The van der Waals surface area contributed by atoms with Gasteiger partial charge in [0.05, 0.1) is 0 Å². The molecule has 18 heavy (non-hydrogen) atoms. The van der Waals surface area contributed by atoms with E-state index >= 15 is 0 Å². The van der Waals surface area contributed by atoms with E-state index in [1.807, 2.05) is 18.4 Å². The Morgan fingerprint density at radius 1 is 1.28 bits per heavy atom. The molecule has 0 aliphatic rings. The molecule has 0 radical (unpaired) electrons. The Balaban J connectivity index is 2.15. The first-order chi connectivity index (χ1) is 8.74. The topological polar surface area (TPSA) is 82.5 Å². The van der Waals surface area contributed by atoms with Gasteiger partial charge >= 0.3 is 0 Å². The molecule has 3 heterocycles. The minimum Gasteiger partial charge on any atom is -0.368 e. The molecule has 0 atom stereocenters. The number of nitrogen functional groups attached to an aromatic ring is 1. The fourth-order valence-electron chi connectivity index (χ4n) is 1.61. The predicted molar refractivity (Wildman–Crippen MR) is 69.4 cm³/mol. The lowest BCUT2D eigenvalue weighted by atomic mass is 10.2. The number of rotatable bonds is 2. The minimum atomic E-state index is 0.203. The maximum atomic E-state index is 5.73. The van der Waals surface area contributed by atoms with E-state index in [9.17, 15) is 0 Å². The van der Waals surface area contributed by atoms with Crippen molar-refractivity contribution in [1.82, 2.24) is 24.5 Å². The third-order valence-corrected chi connectivity index (χ3v) is 3.32. The lowest BCUT2D eigenvalue weighted by Gasteiger charge is -2.04. The second kappa shape index (κ2) is 4.19. The van der Waals surface area contributed by atoms with Gasteiger partial charge in [-0.15, -0.1) is 11.3 Å². The van der Waals surface area contributed by atoms with Gasteiger partial charge in [-0.05, 0) is 18.4 Å². The van der Waals surface area contributed by atoms with Crippen molar-refractivity contribution in [3.63, 3.8) is 0 Å². The normalized spacial score (nSPS) is 10.7. The number of thiophene rings is 1. The number of aryl methyl sites for hydroxylation is 1. The maximum absolute atomic E-state index is 5.73. The maximum Gasteiger partial charge on any atom is 0.240 e. The zero-order chi connectivity index (χ0) is 12.5. The summed E-state index contributed by atoms with van der Waals surface area (Å²) in [7, 11) is 0. The highest BCUT2D eigenvalue weighted by atomic mass is 32.1. The van der Waals surface area contributed by atoms with E-state index in [1.54, 1.807) is 34.6 Å². The quantitative estimate of drug-likeness (QED) is 0.756. The molecule has 3 aromatic heterocycles. The van der Waals surface area contributed by atoms with Crippen molar-refractivity contribution < 1.29 is 0 Å². The van der Waals surface area contributed by atoms with Crippen LogP contribution in [0.1, 0.15) is 4.88 Å². The van der Waals surface area contributed by atoms with Gasteiger partial charge in [0.15, 0.2) is 5.82 Å². The molecule has 6 nitrogen and oxygen atoms in total. The van der Waals surface area contributed by atoms with Crippen LogP contribution < -0.4 is 5.73 Å². The minimum absolute atomic E-state index is 0.203. The Morgan fingerprint density at radius 2 is 2.17 bits per heavy atom. The Morgan fingerprint density at radius 3 is 2.83 bits per heavy atom. The molecule has 0 bridgehead atoms. The van der Waals surface area contributed by atoms with Crippen LogP contribution in [0.25, 0.3) is 17.3 Å². The molecule has 3 aromatic rings. The fourth-order valence-corrected chi connectivity index (χ4v) is 2.31. The van der Waals surface area contributed by atoms with Crippen LogP contribution in [0.3, 0.4) is 0 Å². The van der Waals surface area contributed by atoms with Crippen LogP contribution in [0.5, 0.6) is 0 Å². The SMILES string of the molecule is Cc1sccc1-c1nc(N)nc(-n2ccnc2)n1. The number of anilines is 1. The van der Waals surface area contributed by atoms with Crippen molar-refractivity contribution in [1.29, 1.82) is 0 Å². The summed E-state index contributed by atoms with van der Waals surface area (Å²) in [6, 6.07) is 1.98. The first-order valence-corrected chi connectivity index (χ1v) is 6.16. The molecule has 0 unspecified atom stereocenters. The van der Waals surface area contributed by atoms with Gasteiger partial charge in [-0.25, -0.2) is 4.98 Å². The van der Waals surface area contributed by atoms with E-state index in [1.165, 1.54) is 0 Å². The monoisotopic (exact) mass is 258 g/mol. The molecule has 7 heteroatoms. The first-order valence-electron chi connectivity index (χ1n) is 5.28. The molecule has 0 fully saturated rings. The number of nitrogens with two attached hydrogens (primary N) is 1. The summed E-state index contributed by atoms with van der Waals surface area (Å²) in [4.78, 5) is 17.8. The lowest BCUT2D eigenvalue weighted by Crippen LogP contribution is -2.06. The standard InChI is InChI=1S/C11H10N6S/c1-7-8(2-5-18-7)9-14-10(12)16-11(15-9)17-4-3-13-6-17/h2-6H,1H3,(H2,12,14,15,16). The van der Waals surface area contributed by atoms with E-state index in [2.05, 4.69) is 19.9 Å². The molecule has 0 saturated heterocycles. The highest BCUT2D eigenvalue weighted by Gasteiger charge is 2.10. The van der Waals surface area contributed by atoms with Gasteiger partial charge in [0.25, 0.3) is 0 Å². The predicted octanol–water partition coefficient (Wildman–Crippen LogP) is 1.68. The zero-order valence-corrected chi connectivity index (χ0v) is 10.4. The molecular weight excluding hydrogens is 248 g/mol. The van der Waals surface area contributed by atoms with Crippen LogP contribution in [0.2, 0.25) is 0 Å². The Labute approximate surface area is 107 Å². The van der Waals surface area contributed by atoms with E-state index in [4.69, 9.17) is 5.73 Å². The van der Waals surface area contributed by atoms with Crippen LogP contribution in [-0.2, 0) is 0 Å². The van der Waals surface area contributed by atoms with Crippen LogP contribution in [0, 0.1) is 6.92 Å².